The largest absolute Gasteiger partial charge is 0.456 e. The molecule has 0 unspecified atom stereocenters. The molecule has 0 radical (unpaired) electrons. The fourth-order valence-corrected chi connectivity index (χ4v) is 8.31. The number of nitrogens with zero attached hydrogens (tertiary/aromatic N) is 2. The SMILES string of the molecule is [2H]c1c([2H])c([2H])c(-n2c3c([2H])c([2H])c([2H])c([2H])c3c3c([2H])c(-c4c([2H])c([2H])c5c(c4[2H])c4c([2H])c([2H])c([2H])c([2H])c4n5-c4c([2H])c(-c5c([2H])c([2H])c6oc7c([2H])c([2H])c([2H])c([2H])c7c6c5[2H])c5sc6c([2H])c([2H])c([2H])c([2H])c6c5c4[2H])c([2H])c([2H])c32)c([2H])c1[2H]. The molecule has 0 N–H and O–H groups in total. The van der Waals surface area contributed by atoms with E-state index in [1.54, 1.807) is 0 Å². The highest BCUT2D eigenvalue weighted by molar-refractivity contribution is 7.26. The number of aromatic nitrogens is 2. The van der Waals surface area contributed by atoms with Gasteiger partial charge in [-0.2, -0.15) is 0 Å². The summed E-state index contributed by atoms with van der Waals surface area (Å²) in [6.45, 7) is 0. The van der Waals surface area contributed by atoms with Gasteiger partial charge in [0.05, 0.1) is 65.9 Å². The van der Waals surface area contributed by atoms with Crippen LogP contribution in [0.15, 0.2) is 198 Å². The van der Waals surface area contributed by atoms with E-state index in [2.05, 4.69) is 0 Å². The van der Waals surface area contributed by atoms with Gasteiger partial charge in [-0.1, -0.05) is 109 Å². The topological polar surface area (TPSA) is 23.0 Å². The molecule has 0 aliphatic heterocycles. The highest BCUT2D eigenvalue weighted by atomic mass is 32.1. The van der Waals surface area contributed by atoms with Gasteiger partial charge in [0, 0.05) is 69.4 Å². The van der Waals surface area contributed by atoms with Gasteiger partial charge in [-0.05, 0) is 101 Å². The van der Waals surface area contributed by atoms with E-state index < -0.39 is 298 Å². The summed E-state index contributed by atoms with van der Waals surface area (Å²) < 4.78 is 300. The first-order valence-electron chi connectivity index (χ1n) is 33.2. The Labute approximate surface area is 381 Å². The van der Waals surface area contributed by atoms with Crippen LogP contribution in [-0.2, 0) is 0 Å². The number of furan rings is 1. The summed E-state index contributed by atoms with van der Waals surface area (Å²) in [5, 5.41) is -4.29. The number of hydrogen-bond acceptors (Lipinski definition) is 2. The monoisotopic (exact) mass is 788 g/mol. The number of benzene rings is 9. The Bertz CT molecular complexity index is 5670. The zero-order chi connectivity index (χ0) is 65.7. The Hall–Kier alpha value is -7.40. The van der Waals surface area contributed by atoms with E-state index in [9.17, 15) is 19.2 Å². The molecule has 0 aliphatic rings. The van der Waals surface area contributed by atoms with Crippen molar-refractivity contribution in [2.75, 3.05) is 0 Å². The Kier molecular flexibility index (Phi) is 2.89. The minimum absolute atomic E-state index is 0.248. The molecule has 13 aromatic rings. The van der Waals surface area contributed by atoms with Crippen molar-refractivity contribution < 1.29 is 48.3 Å². The van der Waals surface area contributed by atoms with Gasteiger partial charge in [-0.3, -0.25) is 0 Å². The molecule has 13 rings (SSSR count). The minimum atomic E-state index is -1.11. The van der Waals surface area contributed by atoms with E-state index in [4.69, 9.17) is 29.1 Å². The normalized spacial score (nSPS) is 19.9. The Morgan fingerprint density at radius 3 is 1.62 bits per heavy atom. The lowest BCUT2D eigenvalue weighted by molar-refractivity contribution is 0.669. The van der Waals surface area contributed by atoms with Crippen molar-refractivity contribution in [3.05, 3.63) is 193 Å². The fourth-order valence-electron chi connectivity index (χ4n) is 7.24. The molecule has 0 saturated carbocycles. The van der Waals surface area contributed by atoms with E-state index in [1.807, 2.05) is 0 Å². The van der Waals surface area contributed by atoms with Crippen molar-refractivity contribution in [3.63, 3.8) is 0 Å². The van der Waals surface area contributed by atoms with Crippen molar-refractivity contribution in [2.45, 2.75) is 0 Å². The van der Waals surface area contributed by atoms with Crippen LogP contribution in [0.3, 0.4) is 0 Å². The summed E-state index contributed by atoms with van der Waals surface area (Å²) in [5.41, 5.74) is -8.44. The maximum Gasteiger partial charge on any atom is 0.135 e. The predicted octanol–water partition coefficient (Wildman–Crippen LogP) is 15.5. The highest BCUT2D eigenvalue weighted by Gasteiger charge is 2.20. The first-order valence-corrected chi connectivity index (χ1v) is 18.0. The van der Waals surface area contributed by atoms with E-state index >= 15 is 0 Å². The Morgan fingerprint density at radius 2 is 0.897 bits per heavy atom. The lowest BCUT2D eigenvalue weighted by Crippen LogP contribution is -1.95. The smallest absolute Gasteiger partial charge is 0.135 e. The first kappa shape index (κ1) is 13.9. The summed E-state index contributed by atoms with van der Waals surface area (Å²) in [5.74, 6) is 0. The van der Waals surface area contributed by atoms with Gasteiger partial charge in [0.15, 0.2) is 0 Å². The molecule has 4 heteroatoms. The molecule has 0 fully saturated rings. The molecule has 4 aromatic heterocycles. The van der Waals surface area contributed by atoms with Crippen LogP contribution in [0.1, 0.15) is 43.9 Å². The minimum Gasteiger partial charge on any atom is -0.456 e. The third-order valence-electron chi connectivity index (χ3n) is 9.68. The number of hydrogen-bond donors (Lipinski definition) is 0. The number of thiophene rings is 1. The van der Waals surface area contributed by atoms with Crippen LogP contribution >= 0.6 is 11.3 Å². The van der Waals surface area contributed by atoms with Gasteiger partial charge >= 0.3 is 0 Å². The van der Waals surface area contributed by atoms with Crippen molar-refractivity contribution in [2.24, 2.45) is 0 Å². The van der Waals surface area contributed by atoms with E-state index in [-0.39, 0.29) is 14.8 Å². The Balaban J connectivity index is 1.24. The standard InChI is InChI=1S/C54H32N2OS/c1-2-12-36(13-3-1)55-47-18-8-4-14-38(47)43-28-33(22-25-49(43)55)34-23-26-50-44(29-34)39-15-5-9-19-48(39)56(50)37-31-42(54-46(32-37)41-17-7-11-21-53(41)58-54)35-24-27-52-45(30-35)40-16-6-10-20-51(40)57-52/h1-32H/i1D,2D,3D,4D,5D,6D,7D,8D,9D,10D,11D,12D,13D,14D,15D,16D,17D,18D,19D,20D,21D,22D,23D,24D,25D,26D,27D,28D,29D,30D,31D,32D. The molecule has 0 atom stereocenters. The summed E-state index contributed by atoms with van der Waals surface area (Å²) in [6, 6.07) is -28.6. The molecule has 0 bridgehead atoms. The summed E-state index contributed by atoms with van der Waals surface area (Å²) in [4.78, 5) is 0. The molecule has 270 valence electrons. The quantitative estimate of drug-likeness (QED) is 0.174. The van der Waals surface area contributed by atoms with Crippen LogP contribution in [-0.4, -0.2) is 9.13 Å². The first-order chi connectivity index (χ1) is 42.1. The maximum absolute atomic E-state index is 10.3. The van der Waals surface area contributed by atoms with E-state index in [0.717, 1.165) is 9.13 Å². The molecule has 58 heavy (non-hydrogen) atoms. The Morgan fingerprint density at radius 1 is 0.362 bits per heavy atom. The van der Waals surface area contributed by atoms with Crippen LogP contribution in [0.5, 0.6) is 0 Å². The molecular weight excluding hydrogens is 725 g/mol. The van der Waals surface area contributed by atoms with Gasteiger partial charge in [-0.25, -0.2) is 0 Å². The third-order valence-corrected chi connectivity index (χ3v) is 10.8. The molecular formula is C54H32N2OS. The molecule has 4 heterocycles. The van der Waals surface area contributed by atoms with Crippen molar-refractivity contribution >= 4 is 97.1 Å². The van der Waals surface area contributed by atoms with Crippen molar-refractivity contribution in [3.8, 4) is 33.6 Å². The number of rotatable bonds is 4. The second kappa shape index (κ2) is 12.1. The number of fused-ring (bicyclic) bond motifs is 12. The molecule has 0 saturated heterocycles. The summed E-state index contributed by atoms with van der Waals surface area (Å²) in [6.07, 6.45) is 0. The van der Waals surface area contributed by atoms with Crippen molar-refractivity contribution in [1.29, 1.82) is 0 Å². The summed E-state index contributed by atoms with van der Waals surface area (Å²) >= 11 is 0.573. The van der Waals surface area contributed by atoms with E-state index in [1.165, 1.54) is 0 Å². The van der Waals surface area contributed by atoms with Crippen LogP contribution in [0, 0.1) is 0 Å². The van der Waals surface area contributed by atoms with Gasteiger partial charge in [0.1, 0.15) is 11.2 Å². The molecule has 0 amide bonds. The van der Waals surface area contributed by atoms with Crippen LogP contribution in [0.25, 0.3) is 119 Å². The summed E-state index contributed by atoms with van der Waals surface area (Å²) in [7, 11) is 0. The lowest BCUT2D eigenvalue weighted by atomic mass is 9.99. The molecule has 0 aliphatic carbocycles. The van der Waals surface area contributed by atoms with Gasteiger partial charge in [0.25, 0.3) is 0 Å². The van der Waals surface area contributed by atoms with Gasteiger partial charge < -0.3 is 13.6 Å². The maximum atomic E-state index is 10.3. The molecule has 3 nitrogen and oxygen atoms in total. The second-order valence-corrected chi connectivity index (χ2v) is 13.8. The van der Waals surface area contributed by atoms with Crippen LogP contribution in [0.4, 0.5) is 0 Å². The van der Waals surface area contributed by atoms with Gasteiger partial charge in [-0.15, -0.1) is 11.3 Å². The number of para-hydroxylation sites is 4. The molecule has 9 aromatic carbocycles. The van der Waals surface area contributed by atoms with Crippen LogP contribution in [0.2, 0.25) is 0 Å². The van der Waals surface area contributed by atoms with Crippen LogP contribution < -0.4 is 0 Å². The third kappa shape index (κ3) is 4.55. The predicted molar refractivity (Wildman–Crippen MR) is 246 cm³/mol. The zero-order valence-electron chi connectivity index (χ0n) is 60.7. The van der Waals surface area contributed by atoms with Crippen molar-refractivity contribution in [1.82, 2.24) is 9.13 Å². The fraction of sp³-hybridized carbons (Fsp3) is 0. The van der Waals surface area contributed by atoms with E-state index in [0.29, 0.717) is 11.3 Å². The lowest BCUT2D eigenvalue weighted by Gasteiger charge is -2.13. The highest BCUT2D eigenvalue weighted by Crippen LogP contribution is 2.45. The average Bonchev–Trinajstić information content (AvgIpc) is 1.51. The molecule has 0 spiro atoms. The zero-order valence-corrected chi connectivity index (χ0v) is 29.5. The average molecular weight is 789 g/mol. The van der Waals surface area contributed by atoms with Gasteiger partial charge in [0.2, 0.25) is 0 Å². The second-order valence-electron chi connectivity index (χ2n) is 12.8.